The second-order valence-corrected chi connectivity index (χ2v) is 6.62. The molecule has 0 saturated carbocycles. The maximum Gasteiger partial charge on any atom is 0.251 e. The van der Waals surface area contributed by atoms with Crippen LogP contribution in [0.3, 0.4) is 0 Å². The topological polar surface area (TPSA) is 46.9 Å². The predicted molar refractivity (Wildman–Crippen MR) is 103 cm³/mol. The summed E-state index contributed by atoms with van der Waals surface area (Å²) in [5, 5.41) is 7.19. The van der Waals surface area contributed by atoms with Gasteiger partial charge in [0.1, 0.15) is 0 Å². The van der Waals surface area contributed by atoms with E-state index in [2.05, 4.69) is 28.8 Å². The second kappa shape index (κ2) is 8.53. The number of hydrogen-bond donors (Lipinski definition) is 1. The van der Waals surface area contributed by atoms with E-state index in [-0.39, 0.29) is 5.91 Å². The van der Waals surface area contributed by atoms with Gasteiger partial charge in [-0.05, 0) is 54.1 Å². The normalized spacial score (nSPS) is 10.6. The van der Waals surface area contributed by atoms with Crippen molar-refractivity contribution in [3.05, 3.63) is 83.7 Å². The molecule has 0 fully saturated rings. The van der Waals surface area contributed by atoms with Gasteiger partial charge in [0.25, 0.3) is 5.91 Å². The summed E-state index contributed by atoms with van der Waals surface area (Å²) in [4.78, 5) is 12.2. The monoisotopic (exact) mass is 351 g/mol. The third-order valence-electron chi connectivity index (χ3n) is 3.93. The van der Waals surface area contributed by atoms with Crippen LogP contribution in [0.5, 0.6) is 0 Å². The number of rotatable bonds is 7. The number of benzene rings is 2. The van der Waals surface area contributed by atoms with Crippen molar-refractivity contribution >= 4 is 17.7 Å². The van der Waals surface area contributed by atoms with Crippen molar-refractivity contribution in [2.45, 2.75) is 12.2 Å². The molecule has 0 saturated heterocycles. The molecular formula is C20H21N3OS. The fourth-order valence-corrected chi connectivity index (χ4v) is 3.10. The zero-order valence-electron chi connectivity index (χ0n) is 14.2. The first-order valence-corrected chi connectivity index (χ1v) is 9.60. The van der Waals surface area contributed by atoms with Crippen molar-refractivity contribution in [1.82, 2.24) is 15.1 Å². The number of nitrogens with zero attached hydrogens (tertiary/aromatic N) is 2. The number of carbonyl (C=O) groups excluding carboxylic acids is 1. The first kappa shape index (κ1) is 17.3. The van der Waals surface area contributed by atoms with E-state index in [1.54, 1.807) is 18.0 Å². The highest BCUT2D eigenvalue weighted by atomic mass is 32.2. The Balaban J connectivity index is 1.49. The SMILES string of the molecule is CSCc1ccc(C(=O)NCCc2ccc(-n3cccn3)cc2)cc1. The summed E-state index contributed by atoms with van der Waals surface area (Å²) in [6.07, 6.45) is 6.55. The maximum absolute atomic E-state index is 12.2. The maximum atomic E-state index is 12.2. The van der Waals surface area contributed by atoms with E-state index in [1.807, 2.05) is 53.3 Å². The zero-order valence-corrected chi connectivity index (χ0v) is 15.0. The van der Waals surface area contributed by atoms with E-state index in [1.165, 1.54) is 11.1 Å². The van der Waals surface area contributed by atoms with Gasteiger partial charge in [-0.2, -0.15) is 16.9 Å². The number of amides is 1. The number of hydrogen-bond acceptors (Lipinski definition) is 3. The molecule has 0 aliphatic carbocycles. The molecule has 0 bridgehead atoms. The van der Waals surface area contributed by atoms with Gasteiger partial charge in [0.15, 0.2) is 0 Å². The Morgan fingerprint density at radius 1 is 1.08 bits per heavy atom. The van der Waals surface area contributed by atoms with Crippen molar-refractivity contribution in [2.75, 3.05) is 12.8 Å². The van der Waals surface area contributed by atoms with Crippen molar-refractivity contribution in [3.63, 3.8) is 0 Å². The number of carbonyl (C=O) groups is 1. The van der Waals surface area contributed by atoms with E-state index in [0.29, 0.717) is 12.1 Å². The molecule has 3 rings (SSSR count). The van der Waals surface area contributed by atoms with Crippen LogP contribution in [0.1, 0.15) is 21.5 Å². The number of aromatic nitrogens is 2. The third kappa shape index (κ3) is 4.73. The molecule has 3 aromatic rings. The molecule has 2 aromatic carbocycles. The summed E-state index contributed by atoms with van der Waals surface area (Å²) in [5.74, 6) is 0.944. The molecule has 0 spiro atoms. The summed E-state index contributed by atoms with van der Waals surface area (Å²) in [7, 11) is 0. The molecule has 5 heteroatoms. The fraction of sp³-hybridized carbons (Fsp3) is 0.200. The van der Waals surface area contributed by atoms with Gasteiger partial charge in [-0.3, -0.25) is 4.79 Å². The van der Waals surface area contributed by atoms with Crippen LogP contribution in [0.4, 0.5) is 0 Å². The summed E-state index contributed by atoms with van der Waals surface area (Å²) in [6.45, 7) is 0.618. The van der Waals surface area contributed by atoms with E-state index in [9.17, 15) is 4.79 Å². The zero-order chi connectivity index (χ0) is 17.5. The molecule has 0 aliphatic rings. The van der Waals surface area contributed by atoms with Gasteiger partial charge < -0.3 is 5.32 Å². The number of thioether (sulfide) groups is 1. The smallest absolute Gasteiger partial charge is 0.251 e. The highest BCUT2D eigenvalue weighted by molar-refractivity contribution is 7.97. The summed E-state index contributed by atoms with van der Waals surface area (Å²) in [5.41, 5.74) is 4.16. The Kier molecular flexibility index (Phi) is 5.90. The van der Waals surface area contributed by atoms with Crippen LogP contribution in [0.15, 0.2) is 67.0 Å². The predicted octanol–water partition coefficient (Wildman–Crippen LogP) is 3.71. The highest BCUT2D eigenvalue weighted by Gasteiger charge is 2.05. The number of nitrogens with one attached hydrogen (secondary N) is 1. The molecule has 0 aliphatic heterocycles. The summed E-state index contributed by atoms with van der Waals surface area (Å²) in [6, 6.07) is 17.9. The molecule has 1 amide bonds. The lowest BCUT2D eigenvalue weighted by Gasteiger charge is -2.07. The van der Waals surface area contributed by atoms with Crippen LogP contribution in [-0.2, 0) is 12.2 Å². The Morgan fingerprint density at radius 2 is 1.80 bits per heavy atom. The van der Waals surface area contributed by atoms with Gasteiger partial charge >= 0.3 is 0 Å². The lowest BCUT2D eigenvalue weighted by atomic mass is 10.1. The van der Waals surface area contributed by atoms with Crippen LogP contribution in [0, 0.1) is 0 Å². The molecule has 4 nitrogen and oxygen atoms in total. The second-order valence-electron chi connectivity index (χ2n) is 5.75. The highest BCUT2D eigenvalue weighted by Crippen LogP contribution is 2.11. The quantitative estimate of drug-likeness (QED) is 0.706. The van der Waals surface area contributed by atoms with E-state index < -0.39 is 0 Å². The lowest BCUT2D eigenvalue weighted by molar-refractivity contribution is 0.0954. The van der Waals surface area contributed by atoms with Crippen LogP contribution >= 0.6 is 11.8 Å². The summed E-state index contributed by atoms with van der Waals surface area (Å²) >= 11 is 1.77. The van der Waals surface area contributed by atoms with Crippen LogP contribution < -0.4 is 5.32 Å². The van der Waals surface area contributed by atoms with Crippen molar-refractivity contribution in [3.8, 4) is 5.69 Å². The molecule has 25 heavy (non-hydrogen) atoms. The molecule has 1 N–H and O–H groups in total. The van der Waals surface area contributed by atoms with Crippen molar-refractivity contribution in [1.29, 1.82) is 0 Å². The lowest BCUT2D eigenvalue weighted by Crippen LogP contribution is -2.25. The average molecular weight is 351 g/mol. The van der Waals surface area contributed by atoms with Gasteiger partial charge in [-0.15, -0.1) is 0 Å². The molecule has 1 heterocycles. The minimum absolute atomic E-state index is 0.0242. The van der Waals surface area contributed by atoms with Crippen LogP contribution in [-0.4, -0.2) is 28.5 Å². The molecule has 128 valence electrons. The van der Waals surface area contributed by atoms with Crippen LogP contribution in [0.25, 0.3) is 5.69 Å². The molecule has 0 radical (unpaired) electrons. The van der Waals surface area contributed by atoms with E-state index in [0.717, 1.165) is 17.9 Å². The molecule has 1 aromatic heterocycles. The van der Waals surface area contributed by atoms with E-state index >= 15 is 0 Å². The summed E-state index contributed by atoms with van der Waals surface area (Å²) < 4.78 is 1.83. The van der Waals surface area contributed by atoms with Gasteiger partial charge in [0.05, 0.1) is 5.69 Å². The molecule has 0 unspecified atom stereocenters. The van der Waals surface area contributed by atoms with Gasteiger partial charge in [-0.25, -0.2) is 4.68 Å². The third-order valence-corrected chi connectivity index (χ3v) is 4.55. The molecule has 0 atom stereocenters. The fourth-order valence-electron chi connectivity index (χ4n) is 2.58. The Labute approximate surface area is 152 Å². The van der Waals surface area contributed by atoms with Crippen molar-refractivity contribution < 1.29 is 4.79 Å². The first-order chi connectivity index (χ1) is 12.3. The average Bonchev–Trinajstić information content (AvgIpc) is 3.18. The Hall–Kier alpha value is -2.53. The Bertz CT molecular complexity index is 796. The molecular weight excluding hydrogens is 330 g/mol. The van der Waals surface area contributed by atoms with Crippen molar-refractivity contribution in [2.24, 2.45) is 0 Å². The standard InChI is InChI=1S/C20H21N3OS/c1-25-15-17-3-7-18(8-4-17)20(24)21-13-11-16-5-9-19(10-6-16)23-14-2-12-22-23/h2-10,12,14H,11,13,15H2,1H3,(H,21,24). The van der Waals surface area contributed by atoms with Gasteiger partial charge in [0, 0.05) is 30.3 Å². The minimum atomic E-state index is -0.0242. The largest absolute Gasteiger partial charge is 0.352 e. The van der Waals surface area contributed by atoms with Gasteiger partial charge in [0.2, 0.25) is 0 Å². The minimum Gasteiger partial charge on any atom is -0.352 e. The first-order valence-electron chi connectivity index (χ1n) is 8.21. The Morgan fingerprint density at radius 3 is 2.44 bits per heavy atom. The van der Waals surface area contributed by atoms with Crippen LogP contribution in [0.2, 0.25) is 0 Å². The van der Waals surface area contributed by atoms with Gasteiger partial charge in [-0.1, -0.05) is 24.3 Å². The van der Waals surface area contributed by atoms with E-state index in [4.69, 9.17) is 0 Å².